The summed E-state index contributed by atoms with van der Waals surface area (Å²) in [6.07, 6.45) is 2.63. The summed E-state index contributed by atoms with van der Waals surface area (Å²) in [6, 6.07) is 8.72. The first-order chi connectivity index (χ1) is 9.88. The number of aromatic nitrogens is 2. The molecule has 2 aromatic rings. The van der Waals surface area contributed by atoms with Gasteiger partial charge in [-0.15, -0.1) is 0 Å². The van der Waals surface area contributed by atoms with Crippen LogP contribution in [-0.2, 0) is 23.5 Å². The van der Waals surface area contributed by atoms with Gasteiger partial charge in [-0.3, -0.25) is 4.68 Å². The smallest absolute Gasteiger partial charge is 0.238 e. The van der Waals surface area contributed by atoms with Crippen LogP contribution in [0.4, 0.5) is 0 Å². The fourth-order valence-electron chi connectivity index (χ4n) is 2.14. The molecular formula is C14H20N4O2S. The monoisotopic (exact) mass is 308 g/mol. The first-order valence-electron chi connectivity index (χ1n) is 6.71. The summed E-state index contributed by atoms with van der Waals surface area (Å²) >= 11 is 0. The SMILES string of the molecule is CC(NCCc1ccnn1C)c1cccc(S(N)(=O)=O)c1. The van der Waals surface area contributed by atoms with Crippen LogP contribution < -0.4 is 10.5 Å². The van der Waals surface area contributed by atoms with Crippen LogP contribution >= 0.6 is 0 Å². The fraction of sp³-hybridized carbons (Fsp3) is 0.357. The summed E-state index contributed by atoms with van der Waals surface area (Å²) in [6.45, 7) is 2.77. The van der Waals surface area contributed by atoms with Crippen molar-refractivity contribution >= 4 is 10.0 Å². The quantitative estimate of drug-likeness (QED) is 0.831. The molecule has 0 saturated carbocycles. The highest BCUT2D eigenvalue weighted by atomic mass is 32.2. The van der Waals surface area contributed by atoms with Crippen molar-refractivity contribution in [3.8, 4) is 0 Å². The Morgan fingerprint density at radius 1 is 1.38 bits per heavy atom. The maximum absolute atomic E-state index is 11.4. The second-order valence-electron chi connectivity index (χ2n) is 4.99. The molecule has 0 radical (unpaired) electrons. The molecule has 3 N–H and O–H groups in total. The van der Waals surface area contributed by atoms with Crippen molar-refractivity contribution in [2.24, 2.45) is 12.2 Å². The predicted octanol–water partition coefficient (Wildman–Crippen LogP) is 0.961. The third kappa shape index (κ3) is 4.13. The van der Waals surface area contributed by atoms with Crippen molar-refractivity contribution in [1.82, 2.24) is 15.1 Å². The van der Waals surface area contributed by atoms with Gasteiger partial charge < -0.3 is 5.32 Å². The molecule has 1 atom stereocenters. The first kappa shape index (κ1) is 15.7. The highest BCUT2D eigenvalue weighted by molar-refractivity contribution is 7.89. The number of aryl methyl sites for hydroxylation is 1. The maximum Gasteiger partial charge on any atom is 0.238 e. The largest absolute Gasteiger partial charge is 0.310 e. The number of nitrogens with zero attached hydrogens (tertiary/aromatic N) is 2. The van der Waals surface area contributed by atoms with Crippen molar-refractivity contribution in [2.75, 3.05) is 6.54 Å². The van der Waals surface area contributed by atoms with Gasteiger partial charge in [-0.25, -0.2) is 13.6 Å². The number of benzene rings is 1. The predicted molar refractivity (Wildman–Crippen MR) is 81.1 cm³/mol. The van der Waals surface area contributed by atoms with Crippen LogP contribution in [0.15, 0.2) is 41.4 Å². The minimum Gasteiger partial charge on any atom is -0.310 e. The van der Waals surface area contributed by atoms with Crippen LogP contribution in [-0.4, -0.2) is 24.7 Å². The lowest BCUT2D eigenvalue weighted by Crippen LogP contribution is -2.22. The number of hydrogen-bond donors (Lipinski definition) is 2. The van der Waals surface area contributed by atoms with E-state index in [1.807, 2.05) is 30.8 Å². The van der Waals surface area contributed by atoms with E-state index in [1.165, 1.54) is 6.07 Å². The fourth-order valence-corrected chi connectivity index (χ4v) is 2.71. The lowest BCUT2D eigenvalue weighted by atomic mass is 10.1. The minimum absolute atomic E-state index is 0.0416. The molecule has 0 aliphatic rings. The van der Waals surface area contributed by atoms with Crippen molar-refractivity contribution in [1.29, 1.82) is 0 Å². The average molecular weight is 308 g/mol. The van der Waals surface area contributed by atoms with Crippen LogP contribution in [0.5, 0.6) is 0 Å². The van der Waals surface area contributed by atoms with Gasteiger partial charge in [-0.1, -0.05) is 12.1 Å². The van der Waals surface area contributed by atoms with Gasteiger partial charge in [0.15, 0.2) is 0 Å². The molecule has 0 bridgehead atoms. The molecule has 6 nitrogen and oxygen atoms in total. The number of hydrogen-bond acceptors (Lipinski definition) is 4. The van der Waals surface area contributed by atoms with Crippen molar-refractivity contribution in [3.63, 3.8) is 0 Å². The molecule has 2 rings (SSSR count). The van der Waals surface area contributed by atoms with Gasteiger partial charge in [0, 0.05) is 37.9 Å². The van der Waals surface area contributed by atoms with E-state index in [-0.39, 0.29) is 10.9 Å². The first-order valence-corrected chi connectivity index (χ1v) is 8.25. The van der Waals surface area contributed by atoms with E-state index in [9.17, 15) is 8.42 Å². The molecule has 0 fully saturated rings. The summed E-state index contributed by atoms with van der Waals surface area (Å²) in [5.74, 6) is 0. The summed E-state index contributed by atoms with van der Waals surface area (Å²) in [5, 5.41) is 12.6. The van der Waals surface area contributed by atoms with E-state index in [0.717, 1.165) is 24.2 Å². The highest BCUT2D eigenvalue weighted by Crippen LogP contribution is 2.16. The molecule has 1 heterocycles. The highest BCUT2D eigenvalue weighted by Gasteiger charge is 2.11. The Morgan fingerprint density at radius 3 is 2.76 bits per heavy atom. The minimum atomic E-state index is -3.66. The number of nitrogens with one attached hydrogen (secondary N) is 1. The lowest BCUT2D eigenvalue weighted by molar-refractivity contribution is 0.562. The second-order valence-corrected chi connectivity index (χ2v) is 6.55. The number of rotatable bonds is 6. The van der Waals surface area contributed by atoms with Gasteiger partial charge >= 0.3 is 0 Å². The third-order valence-corrected chi connectivity index (χ3v) is 4.35. The molecule has 0 amide bonds. The summed E-state index contributed by atoms with van der Waals surface area (Å²) < 4.78 is 24.6. The Morgan fingerprint density at radius 2 is 2.14 bits per heavy atom. The number of sulfonamides is 1. The molecule has 0 saturated heterocycles. The molecule has 0 aliphatic carbocycles. The van der Waals surface area contributed by atoms with Gasteiger partial charge in [0.25, 0.3) is 0 Å². The molecule has 7 heteroatoms. The normalized spacial score (nSPS) is 13.3. The Labute approximate surface area is 125 Å². The standard InChI is InChI=1S/C14H20N4O2S/c1-11(16-8-6-13-7-9-17-18(13)2)12-4-3-5-14(10-12)21(15,19)20/h3-5,7,9-11,16H,6,8H2,1-2H3,(H2,15,19,20). The summed E-state index contributed by atoms with van der Waals surface area (Å²) in [7, 11) is -1.75. The van der Waals surface area contributed by atoms with Gasteiger partial charge in [0.1, 0.15) is 0 Å². The number of primary sulfonamides is 1. The van der Waals surface area contributed by atoms with Crippen LogP contribution in [0.25, 0.3) is 0 Å². The van der Waals surface area contributed by atoms with Gasteiger partial charge in [-0.2, -0.15) is 5.10 Å². The van der Waals surface area contributed by atoms with E-state index < -0.39 is 10.0 Å². The molecule has 1 aromatic carbocycles. The van der Waals surface area contributed by atoms with Gasteiger partial charge in [-0.05, 0) is 30.7 Å². The molecule has 1 aromatic heterocycles. The van der Waals surface area contributed by atoms with Crippen molar-refractivity contribution < 1.29 is 8.42 Å². The number of nitrogens with two attached hydrogens (primary N) is 1. The molecule has 114 valence electrons. The molecular weight excluding hydrogens is 288 g/mol. The summed E-state index contributed by atoms with van der Waals surface area (Å²) in [4.78, 5) is 0.139. The van der Waals surface area contributed by atoms with E-state index in [0.29, 0.717) is 0 Å². The molecule has 0 spiro atoms. The molecule has 1 unspecified atom stereocenters. The van der Waals surface area contributed by atoms with Gasteiger partial charge in [0.05, 0.1) is 4.90 Å². The average Bonchev–Trinajstić information content (AvgIpc) is 2.83. The Balaban J connectivity index is 1.97. The zero-order valence-electron chi connectivity index (χ0n) is 12.2. The van der Waals surface area contributed by atoms with Crippen LogP contribution in [0, 0.1) is 0 Å². The van der Waals surface area contributed by atoms with E-state index in [1.54, 1.807) is 18.3 Å². The Kier molecular flexibility index (Phi) is 4.76. The van der Waals surface area contributed by atoms with Crippen LogP contribution in [0.1, 0.15) is 24.2 Å². The lowest BCUT2D eigenvalue weighted by Gasteiger charge is -2.15. The zero-order chi connectivity index (χ0) is 15.5. The zero-order valence-corrected chi connectivity index (χ0v) is 13.0. The van der Waals surface area contributed by atoms with Crippen LogP contribution in [0.2, 0.25) is 0 Å². The topological polar surface area (TPSA) is 90.0 Å². The Bertz CT molecular complexity index is 709. The van der Waals surface area contributed by atoms with Crippen molar-refractivity contribution in [3.05, 3.63) is 47.8 Å². The molecule has 0 aliphatic heterocycles. The second kappa shape index (κ2) is 6.38. The van der Waals surface area contributed by atoms with Crippen molar-refractivity contribution in [2.45, 2.75) is 24.3 Å². The maximum atomic E-state index is 11.4. The van der Waals surface area contributed by atoms with Gasteiger partial charge in [0.2, 0.25) is 10.0 Å². The molecule has 21 heavy (non-hydrogen) atoms. The Hall–Kier alpha value is -1.70. The third-order valence-electron chi connectivity index (χ3n) is 3.44. The van der Waals surface area contributed by atoms with E-state index in [2.05, 4.69) is 10.4 Å². The van der Waals surface area contributed by atoms with Crippen LogP contribution in [0.3, 0.4) is 0 Å². The van der Waals surface area contributed by atoms with E-state index >= 15 is 0 Å². The van der Waals surface area contributed by atoms with E-state index in [4.69, 9.17) is 5.14 Å². The summed E-state index contributed by atoms with van der Waals surface area (Å²) in [5.41, 5.74) is 2.04.